The molecule has 0 aliphatic heterocycles. The smallest absolute Gasteiger partial charge is 0.119 e. The molecule has 0 aromatic heterocycles. The normalized spacial score (nSPS) is 15.4. The van der Waals surface area contributed by atoms with Crippen LogP contribution in [0.2, 0.25) is 0 Å². The van der Waals surface area contributed by atoms with E-state index in [9.17, 15) is 0 Å². The Kier molecular flexibility index (Phi) is 8.82. The summed E-state index contributed by atoms with van der Waals surface area (Å²) in [7, 11) is 1.71. The molecule has 0 bridgehead atoms. The molecule has 0 heterocycles. The van der Waals surface area contributed by atoms with E-state index in [1.807, 2.05) is 12.1 Å². The largest absolute Gasteiger partial charge is 0.497 e. The first kappa shape index (κ1) is 22.4. The highest BCUT2D eigenvalue weighted by molar-refractivity contribution is 5.83. The Morgan fingerprint density at radius 2 is 1.53 bits per heavy atom. The van der Waals surface area contributed by atoms with Crippen LogP contribution < -0.4 is 9.47 Å². The summed E-state index contributed by atoms with van der Waals surface area (Å²) in [5.41, 5.74) is 4.00. The third-order valence-electron chi connectivity index (χ3n) is 6.24. The van der Waals surface area contributed by atoms with E-state index in [2.05, 4.69) is 61.2 Å². The minimum Gasteiger partial charge on any atom is -0.497 e. The summed E-state index contributed by atoms with van der Waals surface area (Å²) < 4.78 is 11.3. The molecule has 1 aliphatic carbocycles. The van der Waals surface area contributed by atoms with Gasteiger partial charge in [-0.2, -0.15) is 0 Å². The van der Waals surface area contributed by atoms with Gasteiger partial charge in [-0.3, -0.25) is 0 Å². The Morgan fingerprint density at radius 3 is 2.13 bits per heavy atom. The van der Waals surface area contributed by atoms with Crippen molar-refractivity contribution in [3.05, 3.63) is 59.7 Å². The maximum Gasteiger partial charge on any atom is 0.119 e. The van der Waals surface area contributed by atoms with Crippen LogP contribution in [0.1, 0.15) is 57.1 Å². The molecule has 1 fully saturated rings. The number of hydrogen-bond donors (Lipinski definition) is 0. The van der Waals surface area contributed by atoms with Crippen molar-refractivity contribution in [1.82, 2.24) is 4.90 Å². The molecule has 162 valence electrons. The highest BCUT2D eigenvalue weighted by Gasteiger charge is 2.19. The molecule has 0 amide bonds. The maximum absolute atomic E-state index is 5.99. The number of nitrogens with zero attached hydrogens (tertiary/aromatic N) is 1. The van der Waals surface area contributed by atoms with E-state index in [-0.39, 0.29) is 0 Å². The van der Waals surface area contributed by atoms with E-state index in [4.69, 9.17) is 9.47 Å². The molecule has 0 unspecified atom stereocenters. The third-order valence-corrected chi connectivity index (χ3v) is 6.24. The molecule has 2 aromatic carbocycles. The van der Waals surface area contributed by atoms with Crippen LogP contribution in [-0.2, 0) is 0 Å². The van der Waals surface area contributed by atoms with Crippen LogP contribution in [0.15, 0.2) is 48.5 Å². The fourth-order valence-electron chi connectivity index (χ4n) is 4.31. The van der Waals surface area contributed by atoms with Gasteiger partial charge in [0, 0.05) is 6.54 Å². The number of allylic oxidation sites excluding steroid dienone is 1. The average molecular weight is 408 g/mol. The SMILES string of the molecule is CCN(CC)CCOc1ccc(/C(=C/c2ccc(OC)cc2)C2CCCCC2)cc1. The zero-order chi connectivity index (χ0) is 21.2. The van der Waals surface area contributed by atoms with Gasteiger partial charge in [0.2, 0.25) is 0 Å². The summed E-state index contributed by atoms with van der Waals surface area (Å²) in [6, 6.07) is 17.1. The van der Waals surface area contributed by atoms with Gasteiger partial charge in [-0.1, -0.05) is 63.5 Å². The van der Waals surface area contributed by atoms with Crippen molar-refractivity contribution < 1.29 is 9.47 Å². The molecule has 1 aliphatic rings. The van der Waals surface area contributed by atoms with Crippen LogP contribution in [0.4, 0.5) is 0 Å². The maximum atomic E-state index is 5.99. The van der Waals surface area contributed by atoms with Gasteiger partial charge >= 0.3 is 0 Å². The minimum atomic E-state index is 0.635. The van der Waals surface area contributed by atoms with Gasteiger partial charge < -0.3 is 14.4 Å². The van der Waals surface area contributed by atoms with Crippen molar-refractivity contribution in [3.8, 4) is 11.5 Å². The Balaban J connectivity index is 1.74. The predicted octanol–water partition coefficient (Wildman–Crippen LogP) is 6.54. The number of methoxy groups -OCH3 is 1. The number of benzene rings is 2. The Morgan fingerprint density at radius 1 is 0.900 bits per heavy atom. The topological polar surface area (TPSA) is 21.7 Å². The molecular formula is C27H37NO2. The second kappa shape index (κ2) is 11.8. The van der Waals surface area contributed by atoms with Gasteiger partial charge in [0.15, 0.2) is 0 Å². The van der Waals surface area contributed by atoms with Gasteiger partial charge in [0.25, 0.3) is 0 Å². The zero-order valence-corrected chi connectivity index (χ0v) is 18.9. The van der Waals surface area contributed by atoms with Crippen molar-refractivity contribution in [3.63, 3.8) is 0 Å². The van der Waals surface area contributed by atoms with Crippen LogP contribution in [-0.4, -0.2) is 38.3 Å². The third kappa shape index (κ3) is 6.37. The van der Waals surface area contributed by atoms with E-state index in [1.54, 1.807) is 7.11 Å². The first-order chi connectivity index (χ1) is 14.7. The van der Waals surface area contributed by atoms with E-state index in [0.29, 0.717) is 5.92 Å². The Labute approximate surface area is 182 Å². The number of ether oxygens (including phenoxy) is 2. The number of hydrogen-bond acceptors (Lipinski definition) is 3. The van der Waals surface area contributed by atoms with Crippen molar-refractivity contribution in [2.75, 3.05) is 33.4 Å². The summed E-state index contributed by atoms with van der Waals surface area (Å²) in [4.78, 5) is 2.38. The van der Waals surface area contributed by atoms with Gasteiger partial charge in [0.05, 0.1) is 7.11 Å². The molecule has 0 N–H and O–H groups in total. The Hall–Kier alpha value is -2.26. The van der Waals surface area contributed by atoms with Crippen LogP contribution in [0.25, 0.3) is 11.6 Å². The van der Waals surface area contributed by atoms with Gasteiger partial charge in [-0.25, -0.2) is 0 Å². The number of rotatable bonds is 10. The molecule has 3 rings (SSSR count). The average Bonchev–Trinajstić information content (AvgIpc) is 2.82. The van der Waals surface area contributed by atoms with E-state index >= 15 is 0 Å². The summed E-state index contributed by atoms with van der Waals surface area (Å²) in [6.45, 7) is 8.23. The number of likely N-dealkylation sites (N-methyl/N-ethyl adjacent to an activating group) is 1. The second-order valence-electron chi connectivity index (χ2n) is 8.11. The van der Waals surface area contributed by atoms with E-state index in [1.165, 1.54) is 48.8 Å². The van der Waals surface area contributed by atoms with Crippen molar-refractivity contribution >= 4 is 11.6 Å². The lowest BCUT2D eigenvalue weighted by atomic mass is 9.80. The fraction of sp³-hybridized carbons (Fsp3) is 0.481. The van der Waals surface area contributed by atoms with Crippen LogP contribution in [0, 0.1) is 5.92 Å². The molecule has 0 atom stereocenters. The molecule has 30 heavy (non-hydrogen) atoms. The summed E-state index contributed by atoms with van der Waals surface area (Å²) in [5, 5.41) is 0. The standard InChI is InChI=1S/C27H37NO2/c1-4-28(5-2)19-20-30-26-17-13-24(14-18-26)27(23-9-7-6-8-10-23)21-22-11-15-25(29-3)16-12-22/h11-18,21,23H,4-10,19-20H2,1-3H3/b27-21+. The molecule has 0 spiro atoms. The fourth-order valence-corrected chi connectivity index (χ4v) is 4.31. The first-order valence-electron chi connectivity index (χ1n) is 11.5. The van der Waals surface area contributed by atoms with Crippen molar-refractivity contribution in [2.24, 2.45) is 5.92 Å². The molecule has 3 nitrogen and oxygen atoms in total. The minimum absolute atomic E-state index is 0.635. The highest BCUT2D eigenvalue weighted by atomic mass is 16.5. The van der Waals surface area contributed by atoms with Crippen LogP contribution >= 0.6 is 0 Å². The quantitative estimate of drug-likeness (QED) is 0.418. The first-order valence-corrected chi connectivity index (χ1v) is 11.5. The van der Waals surface area contributed by atoms with Gasteiger partial charge in [0.1, 0.15) is 18.1 Å². The highest BCUT2D eigenvalue weighted by Crippen LogP contribution is 2.37. The summed E-state index contributed by atoms with van der Waals surface area (Å²) >= 11 is 0. The molecule has 1 saturated carbocycles. The lowest BCUT2D eigenvalue weighted by molar-refractivity contribution is 0.223. The zero-order valence-electron chi connectivity index (χ0n) is 18.9. The van der Waals surface area contributed by atoms with Crippen LogP contribution in [0.3, 0.4) is 0 Å². The van der Waals surface area contributed by atoms with E-state index in [0.717, 1.165) is 37.7 Å². The van der Waals surface area contributed by atoms with Gasteiger partial charge in [-0.15, -0.1) is 0 Å². The summed E-state index contributed by atoms with van der Waals surface area (Å²) in [6.07, 6.45) is 8.96. The van der Waals surface area contributed by atoms with Crippen molar-refractivity contribution in [2.45, 2.75) is 46.0 Å². The molecule has 2 aromatic rings. The lowest BCUT2D eigenvalue weighted by Crippen LogP contribution is -2.27. The molecule has 0 radical (unpaired) electrons. The molecular weight excluding hydrogens is 370 g/mol. The Bertz CT molecular complexity index is 770. The summed E-state index contributed by atoms with van der Waals surface area (Å²) in [5.74, 6) is 2.49. The molecule has 0 saturated heterocycles. The second-order valence-corrected chi connectivity index (χ2v) is 8.11. The predicted molar refractivity (Wildman–Crippen MR) is 127 cm³/mol. The lowest BCUT2D eigenvalue weighted by Gasteiger charge is -2.25. The van der Waals surface area contributed by atoms with Crippen LogP contribution in [0.5, 0.6) is 11.5 Å². The van der Waals surface area contributed by atoms with Gasteiger partial charge in [-0.05, 0) is 72.8 Å². The van der Waals surface area contributed by atoms with Crippen molar-refractivity contribution in [1.29, 1.82) is 0 Å². The molecule has 3 heteroatoms. The monoisotopic (exact) mass is 407 g/mol. The van der Waals surface area contributed by atoms with E-state index < -0.39 is 0 Å².